The molecule has 6 heteroatoms. The van der Waals surface area contributed by atoms with Gasteiger partial charge in [-0.05, 0) is 96.2 Å². The molecule has 0 aromatic heterocycles. The van der Waals surface area contributed by atoms with E-state index >= 15 is 0 Å². The zero-order valence-electron chi connectivity index (χ0n) is 23.9. The Morgan fingerprint density at radius 1 is 0.892 bits per heavy atom. The molecule has 2 rings (SSSR count). The van der Waals surface area contributed by atoms with Crippen molar-refractivity contribution >= 4 is 6.29 Å². The number of aryl methyl sites for hydroxylation is 1. The molecule has 1 N–H and O–H groups in total. The van der Waals surface area contributed by atoms with Gasteiger partial charge in [-0.2, -0.15) is 0 Å². The molecule has 0 bridgehead atoms. The number of rotatable bonds is 19. The third kappa shape index (κ3) is 8.80. The average Bonchev–Trinajstić information content (AvgIpc) is 2.85. The third-order valence-electron chi connectivity index (χ3n) is 7.08. The second-order valence-corrected chi connectivity index (χ2v) is 9.78. The van der Waals surface area contributed by atoms with Crippen LogP contribution in [0.15, 0.2) is 41.9 Å². The molecule has 0 saturated heterocycles. The van der Waals surface area contributed by atoms with E-state index in [-0.39, 0.29) is 11.3 Å². The van der Waals surface area contributed by atoms with E-state index in [4.69, 9.17) is 18.9 Å². The molecule has 0 spiro atoms. The van der Waals surface area contributed by atoms with Crippen molar-refractivity contribution in [2.45, 2.75) is 73.6 Å². The van der Waals surface area contributed by atoms with E-state index < -0.39 is 0 Å². The molecular weight excluding hydrogens is 466 g/mol. The molecule has 208 valence electrons. The number of carbonyl (C=O) groups excluding carboxylic acids is 1. The zero-order chi connectivity index (χ0) is 27.1. The van der Waals surface area contributed by atoms with Crippen LogP contribution in [0.1, 0.15) is 72.8 Å². The molecule has 1 aromatic carbocycles. The van der Waals surface area contributed by atoms with Gasteiger partial charge in [0, 0.05) is 29.9 Å². The largest absolute Gasteiger partial charge is 0.497 e. The highest BCUT2D eigenvalue weighted by Crippen LogP contribution is 2.51. The quantitative estimate of drug-likeness (QED) is 0.168. The summed E-state index contributed by atoms with van der Waals surface area (Å²) >= 11 is 0. The Bertz CT molecular complexity index is 854. The summed E-state index contributed by atoms with van der Waals surface area (Å²) < 4.78 is 23.4. The second-order valence-electron chi connectivity index (χ2n) is 9.78. The van der Waals surface area contributed by atoms with Crippen molar-refractivity contribution in [3.8, 4) is 11.5 Å². The predicted molar refractivity (Wildman–Crippen MR) is 150 cm³/mol. The number of benzene rings is 1. The average molecular weight is 516 g/mol. The summed E-state index contributed by atoms with van der Waals surface area (Å²) in [5.74, 6) is 3.90. The first kappa shape index (κ1) is 30.8. The van der Waals surface area contributed by atoms with Gasteiger partial charge < -0.3 is 29.1 Å². The Morgan fingerprint density at radius 2 is 1.51 bits per heavy atom. The van der Waals surface area contributed by atoms with Crippen LogP contribution in [0, 0.1) is 17.3 Å². The fourth-order valence-corrected chi connectivity index (χ4v) is 5.44. The number of allylic oxidation sites excluding steroid dienone is 3. The number of nitrogens with one attached hydrogen (secondary N) is 1. The van der Waals surface area contributed by atoms with Gasteiger partial charge in [0.05, 0.1) is 26.4 Å². The van der Waals surface area contributed by atoms with Gasteiger partial charge in [-0.1, -0.05) is 13.8 Å². The van der Waals surface area contributed by atoms with Gasteiger partial charge in [-0.25, -0.2) is 0 Å². The molecule has 1 aliphatic rings. The highest BCUT2D eigenvalue weighted by atomic mass is 16.5. The van der Waals surface area contributed by atoms with Gasteiger partial charge in [0.25, 0.3) is 0 Å². The van der Waals surface area contributed by atoms with Crippen LogP contribution in [-0.4, -0.2) is 45.8 Å². The maximum atomic E-state index is 11.6. The van der Waals surface area contributed by atoms with Gasteiger partial charge in [0.1, 0.15) is 29.3 Å². The van der Waals surface area contributed by atoms with Gasteiger partial charge >= 0.3 is 0 Å². The molecule has 0 heterocycles. The lowest BCUT2D eigenvalue weighted by atomic mass is 9.61. The third-order valence-corrected chi connectivity index (χ3v) is 7.08. The van der Waals surface area contributed by atoms with Crippen LogP contribution < -0.4 is 14.8 Å². The Balaban J connectivity index is 1.96. The number of hydrogen-bond donors (Lipinski definition) is 1. The summed E-state index contributed by atoms with van der Waals surface area (Å²) in [6, 6.07) is 6.18. The van der Waals surface area contributed by atoms with Crippen LogP contribution in [0.25, 0.3) is 0 Å². The van der Waals surface area contributed by atoms with E-state index in [2.05, 4.69) is 43.4 Å². The van der Waals surface area contributed by atoms with E-state index in [9.17, 15) is 4.79 Å². The van der Waals surface area contributed by atoms with E-state index in [1.54, 1.807) is 0 Å². The Hall–Kier alpha value is -2.47. The van der Waals surface area contributed by atoms with Crippen molar-refractivity contribution in [2.24, 2.45) is 17.3 Å². The molecule has 0 saturated carbocycles. The summed E-state index contributed by atoms with van der Waals surface area (Å²) in [6.07, 6.45) is 9.65. The molecule has 1 aromatic rings. The highest BCUT2D eigenvalue weighted by molar-refractivity contribution is 5.52. The fourth-order valence-electron chi connectivity index (χ4n) is 5.44. The summed E-state index contributed by atoms with van der Waals surface area (Å²) in [5.41, 5.74) is 1.02. The number of hydrogen-bond acceptors (Lipinski definition) is 6. The number of ether oxygens (including phenoxy) is 4. The summed E-state index contributed by atoms with van der Waals surface area (Å²) in [6.45, 7) is 16.8. The van der Waals surface area contributed by atoms with Gasteiger partial charge in [0.2, 0.25) is 0 Å². The van der Waals surface area contributed by atoms with Crippen LogP contribution in [0.4, 0.5) is 0 Å². The van der Waals surface area contributed by atoms with E-state index in [0.717, 1.165) is 68.1 Å². The minimum absolute atomic E-state index is 0.0650. The minimum atomic E-state index is -0.214. The predicted octanol–water partition coefficient (Wildman–Crippen LogP) is 6.49. The van der Waals surface area contributed by atoms with Gasteiger partial charge in [-0.15, -0.1) is 0 Å². The maximum absolute atomic E-state index is 11.6. The molecule has 6 nitrogen and oxygen atoms in total. The van der Waals surface area contributed by atoms with Crippen molar-refractivity contribution in [1.82, 2.24) is 5.32 Å². The van der Waals surface area contributed by atoms with Crippen LogP contribution in [0.3, 0.4) is 0 Å². The first-order chi connectivity index (χ1) is 17.9. The number of carbonyl (C=O) groups is 1. The lowest BCUT2D eigenvalue weighted by Crippen LogP contribution is -2.41. The summed E-state index contributed by atoms with van der Waals surface area (Å²) in [7, 11) is 0. The summed E-state index contributed by atoms with van der Waals surface area (Å²) in [4.78, 5) is 11.6. The smallest absolute Gasteiger partial charge is 0.123 e. The van der Waals surface area contributed by atoms with Crippen LogP contribution in [0.5, 0.6) is 11.5 Å². The molecule has 1 aliphatic carbocycles. The van der Waals surface area contributed by atoms with E-state index in [0.29, 0.717) is 38.8 Å². The van der Waals surface area contributed by atoms with Crippen LogP contribution in [0.2, 0.25) is 0 Å². The van der Waals surface area contributed by atoms with Gasteiger partial charge in [-0.3, -0.25) is 0 Å². The van der Waals surface area contributed by atoms with Crippen LogP contribution >= 0.6 is 0 Å². The molecule has 2 atom stereocenters. The molecule has 1 unspecified atom stereocenters. The zero-order valence-corrected chi connectivity index (χ0v) is 23.9. The lowest BCUT2D eigenvalue weighted by Gasteiger charge is -2.46. The molecule has 0 radical (unpaired) electrons. The molecule has 0 amide bonds. The number of aldehydes is 1. The molecule has 0 fully saturated rings. The topological polar surface area (TPSA) is 66.0 Å². The molecular formula is C31H49NO5. The standard InChI is InChI=1S/C31H49NO5/c1-7-34-27-19-25(20-28(22-27)35-8-2)13-11-16-32-17-12-15-31(24(5)6)26(14-18-33)21-29(36-9-3)23-30(31)37-10-4/h18-24,26,32H,7-17H2,1-6H3/t26-,31?/m0/s1. The SMILES string of the molecule is CCOC1=C[C@H](CC=O)C(CCCNCCCc2cc(OCC)cc(OCC)c2)(C(C)C)C(OCC)=C1. The normalized spacial score (nSPS) is 19.3. The van der Waals surface area contributed by atoms with E-state index in [1.807, 2.05) is 33.8 Å². The first-order valence-electron chi connectivity index (χ1n) is 14.2. The van der Waals surface area contributed by atoms with Crippen molar-refractivity contribution in [2.75, 3.05) is 39.5 Å². The molecule has 0 aliphatic heterocycles. The fraction of sp³-hybridized carbons (Fsp3) is 0.645. The minimum Gasteiger partial charge on any atom is -0.497 e. The monoisotopic (exact) mass is 515 g/mol. The van der Waals surface area contributed by atoms with Crippen molar-refractivity contribution in [3.63, 3.8) is 0 Å². The Labute approximate surface area is 224 Å². The Kier molecular flexibility index (Phi) is 13.6. The maximum Gasteiger partial charge on any atom is 0.123 e. The lowest BCUT2D eigenvalue weighted by molar-refractivity contribution is -0.109. The van der Waals surface area contributed by atoms with Crippen molar-refractivity contribution < 1.29 is 23.7 Å². The van der Waals surface area contributed by atoms with Crippen molar-refractivity contribution in [1.29, 1.82) is 0 Å². The van der Waals surface area contributed by atoms with Crippen LogP contribution in [-0.2, 0) is 20.7 Å². The van der Waals surface area contributed by atoms with Gasteiger partial charge in [0.15, 0.2) is 0 Å². The second kappa shape index (κ2) is 16.4. The van der Waals surface area contributed by atoms with Crippen molar-refractivity contribution in [3.05, 3.63) is 47.4 Å². The Morgan fingerprint density at radius 3 is 2.08 bits per heavy atom. The molecule has 37 heavy (non-hydrogen) atoms. The summed E-state index contributed by atoms with van der Waals surface area (Å²) in [5, 5.41) is 3.62. The highest BCUT2D eigenvalue weighted by Gasteiger charge is 2.46. The van der Waals surface area contributed by atoms with E-state index in [1.165, 1.54) is 5.56 Å². The first-order valence-corrected chi connectivity index (χ1v) is 14.2.